The summed E-state index contributed by atoms with van der Waals surface area (Å²) in [5, 5.41) is 8.62. The first-order valence-corrected chi connectivity index (χ1v) is 4.10. The second-order valence-electron chi connectivity index (χ2n) is 2.86. The number of H-pyrrole nitrogens is 1. The zero-order chi connectivity index (χ0) is 10.0. The third-order valence-electron chi connectivity index (χ3n) is 1.90. The predicted molar refractivity (Wildman–Crippen MR) is 47.3 cm³/mol. The molecule has 4 N–H and O–H groups in total. The van der Waals surface area contributed by atoms with Gasteiger partial charge in [-0.3, -0.25) is 4.79 Å². The van der Waals surface area contributed by atoms with Crippen LogP contribution in [0.1, 0.15) is 30.2 Å². The van der Waals surface area contributed by atoms with Crippen molar-refractivity contribution in [1.29, 1.82) is 0 Å². The van der Waals surface area contributed by atoms with E-state index in [1.165, 1.54) is 0 Å². The number of rotatable bonds is 3. The van der Waals surface area contributed by atoms with E-state index >= 15 is 0 Å². The largest absolute Gasteiger partial charge is 0.480 e. The maximum Gasteiger partial charge on any atom is 0.328 e. The van der Waals surface area contributed by atoms with Crippen LogP contribution >= 0.6 is 0 Å². The third-order valence-corrected chi connectivity index (χ3v) is 1.90. The number of hydrogen-bond donors (Lipinski definition) is 3. The summed E-state index contributed by atoms with van der Waals surface area (Å²) in [6.45, 7) is 3.81. The van der Waals surface area contributed by atoms with Gasteiger partial charge in [-0.15, -0.1) is 0 Å². The first-order chi connectivity index (χ1) is 6.06. The van der Waals surface area contributed by atoms with Crippen LogP contribution in [0.25, 0.3) is 0 Å². The molecule has 0 radical (unpaired) electrons. The number of nitrogens with zero attached hydrogens (tertiary/aromatic N) is 1. The van der Waals surface area contributed by atoms with Gasteiger partial charge in [0.2, 0.25) is 0 Å². The molecule has 0 aliphatic rings. The SMILES string of the molecule is CCc1nc(C(N)C(=O)O)[nH]c1C. The van der Waals surface area contributed by atoms with Crippen LogP contribution in [0.2, 0.25) is 0 Å². The van der Waals surface area contributed by atoms with E-state index in [2.05, 4.69) is 9.97 Å². The minimum atomic E-state index is -1.07. The molecule has 13 heavy (non-hydrogen) atoms. The monoisotopic (exact) mass is 183 g/mol. The smallest absolute Gasteiger partial charge is 0.328 e. The summed E-state index contributed by atoms with van der Waals surface area (Å²) in [5.41, 5.74) is 7.13. The number of carbonyl (C=O) groups is 1. The number of aromatic amines is 1. The Bertz CT molecular complexity index is 319. The van der Waals surface area contributed by atoms with Gasteiger partial charge in [0.05, 0.1) is 5.69 Å². The van der Waals surface area contributed by atoms with Gasteiger partial charge in [-0.2, -0.15) is 0 Å². The molecule has 0 saturated heterocycles. The Morgan fingerprint density at radius 2 is 2.38 bits per heavy atom. The van der Waals surface area contributed by atoms with Crippen LogP contribution in [0.3, 0.4) is 0 Å². The highest BCUT2D eigenvalue weighted by atomic mass is 16.4. The van der Waals surface area contributed by atoms with Crippen LogP contribution < -0.4 is 5.73 Å². The van der Waals surface area contributed by atoms with Crippen LogP contribution in [0.4, 0.5) is 0 Å². The van der Waals surface area contributed by atoms with Crippen molar-refractivity contribution in [3.8, 4) is 0 Å². The molecule has 1 aromatic rings. The summed E-state index contributed by atoms with van der Waals surface area (Å²) in [6, 6.07) is -1.06. The van der Waals surface area contributed by atoms with Gasteiger partial charge in [-0.05, 0) is 13.3 Å². The molecule has 5 heteroatoms. The minimum absolute atomic E-state index is 0.321. The van der Waals surface area contributed by atoms with E-state index in [-0.39, 0.29) is 0 Å². The number of aryl methyl sites for hydroxylation is 2. The second kappa shape index (κ2) is 3.57. The lowest BCUT2D eigenvalue weighted by Crippen LogP contribution is -2.21. The predicted octanol–water partition coefficient (Wildman–Crippen LogP) is 0.365. The molecule has 0 amide bonds. The van der Waals surface area contributed by atoms with Crippen molar-refractivity contribution in [2.24, 2.45) is 5.73 Å². The quantitative estimate of drug-likeness (QED) is 0.631. The fourth-order valence-corrected chi connectivity index (χ4v) is 1.13. The van der Waals surface area contributed by atoms with Crippen molar-refractivity contribution in [2.45, 2.75) is 26.3 Å². The molecule has 0 spiro atoms. The summed E-state index contributed by atoms with van der Waals surface area (Å²) in [4.78, 5) is 17.5. The molecule has 0 bridgehead atoms. The Kier molecular flexibility index (Phi) is 2.67. The van der Waals surface area contributed by atoms with E-state index in [9.17, 15) is 4.79 Å². The minimum Gasteiger partial charge on any atom is -0.480 e. The molecule has 72 valence electrons. The molecule has 0 aromatic carbocycles. The summed E-state index contributed by atoms with van der Waals surface area (Å²) in [5.74, 6) is -0.752. The highest BCUT2D eigenvalue weighted by Gasteiger charge is 2.18. The Hall–Kier alpha value is -1.36. The number of aliphatic carboxylic acids is 1. The number of carboxylic acid groups (broad SMARTS) is 1. The topological polar surface area (TPSA) is 92.0 Å². The molecule has 1 aromatic heterocycles. The van der Waals surface area contributed by atoms with Crippen molar-refractivity contribution >= 4 is 5.97 Å². The molecule has 0 aliphatic heterocycles. The number of imidazole rings is 1. The highest BCUT2D eigenvalue weighted by molar-refractivity contribution is 5.74. The van der Waals surface area contributed by atoms with Crippen molar-refractivity contribution in [2.75, 3.05) is 0 Å². The number of aromatic nitrogens is 2. The van der Waals surface area contributed by atoms with Gasteiger partial charge in [0, 0.05) is 5.69 Å². The average Bonchev–Trinajstić information content (AvgIpc) is 2.45. The Labute approximate surface area is 76.0 Å². The van der Waals surface area contributed by atoms with Crippen molar-refractivity contribution < 1.29 is 9.90 Å². The summed E-state index contributed by atoms with van der Waals surface area (Å²) >= 11 is 0. The Balaban J connectivity index is 2.96. The Morgan fingerprint density at radius 1 is 1.77 bits per heavy atom. The van der Waals surface area contributed by atoms with E-state index in [1.807, 2.05) is 13.8 Å². The molecular weight excluding hydrogens is 170 g/mol. The fourth-order valence-electron chi connectivity index (χ4n) is 1.13. The fraction of sp³-hybridized carbons (Fsp3) is 0.500. The zero-order valence-electron chi connectivity index (χ0n) is 7.66. The van der Waals surface area contributed by atoms with E-state index in [0.29, 0.717) is 5.82 Å². The molecule has 0 saturated carbocycles. The van der Waals surface area contributed by atoms with Gasteiger partial charge in [0.15, 0.2) is 6.04 Å². The number of nitrogens with two attached hydrogens (primary N) is 1. The van der Waals surface area contributed by atoms with Gasteiger partial charge in [-0.25, -0.2) is 4.98 Å². The number of hydrogen-bond acceptors (Lipinski definition) is 3. The van der Waals surface area contributed by atoms with Crippen molar-refractivity contribution in [3.63, 3.8) is 0 Å². The summed E-state index contributed by atoms with van der Waals surface area (Å²) < 4.78 is 0. The Morgan fingerprint density at radius 3 is 2.77 bits per heavy atom. The summed E-state index contributed by atoms with van der Waals surface area (Å²) in [7, 11) is 0. The summed E-state index contributed by atoms with van der Waals surface area (Å²) in [6.07, 6.45) is 0.772. The van der Waals surface area contributed by atoms with E-state index in [0.717, 1.165) is 17.8 Å². The first kappa shape index (κ1) is 9.73. The molecule has 1 rings (SSSR count). The number of nitrogens with one attached hydrogen (secondary N) is 1. The molecule has 1 atom stereocenters. The average molecular weight is 183 g/mol. The van der Waals surface area contributed by atoms with Gasteiger partial charge in [0.1, 0.15) is 5.82 Å². The van der Waals surface area contributed by atoms with Crippen LogP contribution in [-0.2, 0) is 11.2 Å². The normalized spacial score (nSPS) is 12.8. The molecule has 0 aliphatic carbocycles. The third kappa shape index (κ3) is 1.86. The van der Waals surface area contributed by atoms with Gasteiger partial charge < -0.3 is 15.8 Å². The van der Waals surface area contributed by atoms with Crippen LogP contribution in [0, 0.1) is 6.92 Å². The maximum absolute atomic E-state index is 10.5. The van der Waals surface area contributed by atoms with E-state index in [1.54, 1.807) is 0 Å². The molecule has 1 heterocycles. The number of carboxylic acids is 1. The van der Waals surface area contributed by atoms with Gasteiger partial charge in [0.25, 0.3) is 0 Å². The molecule has 0 fully saturated rings. The molecular formula is C8H13N3O2. The zero-order valence-corrected chi connectivity index (χ0v) is 7.66. The standard InChI is InChI=1S/C8H13N3O2/c1-3-5-4(2)10-7(11-5)6(9)8(12)13/h6H,3,9H2,1-2H3,(H,10,11)(H,12,13). The second-order valence-corrected chi connectivity index (χ2v) is 2.86. The van der Waals surface area contributed by atoms with Gasteiger partial charge >= 0.3 is 5.97 Å². The van der Waals surface area contributed by atoms with Crippen molar-refractivity contribution in [1.82, 2.24) is 9.97 Å². The van der Waals surface area contributed by atoms with Crippen molar-refractivity contribution in [3.05, 3.63) is 17.2 Å². The van der Waals surface area contributed by atoms with E-state index in [4.69, 9.17) is 10.8 Å². The van der Waals surface area contributed by atoms with Crippen LogP contribution in [0.5, 0.6) is 0 Å². The van der Waals surface area contributed by atoms with Crippen LogP contribution in [-0.4, -0.2) is 21.0 Å². The lowest BCUT2D eigenvalue weighted by atomic mass is 10.3. The highest BCUT2D eigenvalue weighted by Crippen LogP contribution is 2.10. The molecule has 1 unspecified atom stereocenters. The first-order valence-electron chi connectivity index (χ1n) is 4.10. The van der Waals surface area contributed by atoms with Gasteiger partial charge in [-0.1, -0.05) is 6.92 Å². The lowest BCUT2D eigenvalue weighted by Gasteiger charge is -2.00. The lowest BCUT2D eigenvalue weighted by molar-refractivity contribution is -0.138. The van der Waals surface area contributed by atoms with Crippen LogP contribution in [0.15, 0.2) is 0 Å². The molecule has 5 nitrogen and oxygen atoms in total. The van der Waals surface area contributed by atoms with E-state index < -0.39 is 12.0 Å². The maximum atomic E-state index is 10.5.